The summed E-state index contributed by atoms with van der Waals surface area (Å²) >= 11 is 3.18. The van der Waals surface area contributed by atoms with Crippen molar-refractivity contribution in [3.05, 3.63) is 28.5 Å². The van der Waals surface area contributed by atoms with Gasteiger partial charge in [-0.05, 0) is 41.5 Å². The van der Waals surface area contributed by atoms with E-state index in [2.05, 4.69) is 31.5 Å². The summed E-state index contributed by atoms with van der Waals surface area (Å²) < 4.78 is 15.9. The van der Waals surface area contributed by atoms with E-state index in [1.165, 1.54) is 10.7 Å². The lowest BCUT2D eigenvalue weighted by Crippen LogP contribution is -2.22. The Morgan fingerprint density at radius 1 is 1.50 bits per heavy atom. The number of nitrogens with zero attached hydrogens (tertiary/aromatic N) is 4. The van der Waals surface area contributed by atoms with Gasteiger partial charge in [-0.1, -0.05) is 15.9 Å². The topological polar surface area (TPSA) is 80.9 Å². The molecule has 0 bridgehead atoms. The van der Waals surface area contributed by atoms with Crippen LogP contribution in [0.1, 0.15) is 12.8 Å². The third-order valence-electron chi connectivity index (χ3n) is 3.46. The molecule has 0 saturated heterocycles. The highest BCUT2D eigenvalue weighted by Gasteiger charge is 2.51. The number of halogens is 2. The normalized spacial score (nSPS) is 16.1. The lowest BCUT2D eigenvalue weighted by molar-refractivity contribution is -0.144. The van der Waals surface area contributed by atoms with Crippen LogP contribution in [0.3, 0.4) is 0 Å². The first-order chi connectivity index (χ1) is 9.52. The van der Waals surface area contributed by atoms with Crippen molar-refractivity contribution in [1.82, 2.24) is 20.2 Å². The number of carboxylic acid groups (broad SMARTS) is 1. The third kappa shape index (κ3) is 2.20. The summed E-state index contributed by atoms with van der Waals surface area (Å²) in [4.78, 5) is 11.2. The van der Waals surface area contributed by atoms with Gasteiger partial charge in [0.05, 0.1) is 17.5 Å². The minimum Gasteiger partial charge on any atom is -0.481 e. The highest BCUT2D eigenvalue weighted by Crippen LogP contribution is 2.47. The Kier molecular flexibility index (Phi) is 3.04. The minimum atomic E-state index is -0.866. The molecule has 104 valence electrons. The average molecular weight is 341 g/mol. The van der Waals surface area contributed by atoms with E-state index in [1.807, 2.05) is 0 Å². The van der Waals surface area contributed by atoms with Crippen molar-refractivity contribution < 1.29 is 14.3 Å². The van der Waals surface area contributed by atoms with E-state index >= 15 is 0 Å². The summed E-state index contributed by atoms with van der Waals surface area (Å²) in [5, 5.41) is 20.3. The van der Waals surface area contributed by atoms with Crippen molar-refractivity contribution in [2.24, 2.45) is 5.41 Å². The van der Waals surface area contributed by atoms with E-state index in [1.54, 1.807) is 12.1 Å². The number of rotatable bonds is 4. The lowest BCUT2D eigenvalue weighted by atomic mass is 10.1. The summed E-state index contributed by atoms with van der Waals surface area (Å²) in [5.74, 6) is -1.09. The smallest absolute Gasteiger partial charge is 0.311 e. The van der Waals surface area contributed by atoms with Crippen molar-refractivity contribution in [1.29, 1.82) is 0 Å². The molecule has 3 rings (SSSR count). The molecule has 0 spiro atoms. The van der Waals surface area contributed by atoms with E-state index in [-0.39, 0.29) is 17.9 Å². The van der Waals surface area contributed by atoms with Crippen LogP contribution in [0.2, 0.25) is 0 Å². The van der Waals surface area contributed by atoms with Crippen molar-refractivity contribution >= 4 is 21.9 Å². The molecule has 0 aliphatic heterocycles. The van der Waals surface area contributed by atoms with Crippen LogP contribution in [-0.4, -0.2) is 31.3 Å². The fourth-order valence-corrected chi connectivity index (χ4v) is 2.39. The van der Waals surface area contributed by atoms with Gasteiger partial charge in [0, 0.05) is 4.47 Å². The molecule has 1 aliphatic rings. The largest absolute Gasteiger partial charge is 0.481 e. The van der Waals surface area contributed by atoms with Gasteiger partial charge < -0.3 is 5.11 Å². The molecule has 2 aromatic rings. The molecule has 1 aromatic heterocycles. The molecule has 0 amide bonds. The van der Waals surface area contributed by atoms with Gasteiger partial charge in [0.1, 0.15) is 5.82 Å². The predicted molar refractivity (Wildman–Crippen MR) is 70.2 cm³/mol. The lowest BCUT2D eigenvalue weighted by Gasteiger charge is -2.11. The van der Waals surface area contributed by atoms with Gasteiger partial charge in [-0.15, -0.1) is 5.10 Å². The van der Waals surface area contributed by atoms with Gasteiger partial charge >= 0.3 is 5.97 Å². The predicted octanol–water partition coefficient (Wildman–Crippen LogP) is 2.11. The SMILES string of the molecule is O=C(O)C1(Cn2nnnc2-c2ccc(Br)cc2F)CC1. The fourth-order valence-electron chi connectivity index (χ4n) is 2.05. The van der Waals surface area contributed by atoms with Crippen LogP contribution in [-0.2, 0) is 11.3 Å². The molecule has 1 saturated carbocycles. The van der Waals surface area contributed by atoms with Crippen molar-refractivity contribution in [2.45, 2.75) is 19.4 Å². The number of carbonyl (C=O) groups is 1. The second-order valence-electron chi connectivity index (χ2n) is 4.87. The Morgan fingerprint density at radius 3 is 2.85 bits per heavy atom. The third-order valence-corrected chi connectivity index (χ3v) is 3.96. The van der Waals surface area contributed by atoms with Gasteiger partial charge in [-0.3, -0.25) is 4.79 Å². The molecule has 20 heavy (non-hydrogen) atoms. The van der Waals surface area contributed by atoms with Crippen molar-refractivity contribution in [3.8, 4) is 11.4 Å². The van der Waals surface area contributed by atoms with E-state index in [0.29, 0.717) is 17.3 Å². The van der Waals surface area contributed by atoms with Crippen molar-refractivity contribution in [2.75, 3.05) is 0 Å². The molecule has 1 fully saturated rings. The van der Waals surface area contributed by atoms with Gasteiger partial charge in [0.15, 0.2) is 5.82 Å². The molecule has 1 aromatic carbocycles. The monoisotopic (exact) mass is 340 g/mol. The number of carboxylic acids is 1. The summed E-state index contributed by atoms with van der Waals surface area (Å²) in [6, 6.07) is 4.56. The van der Waals surface area contributed by atoms with Crippen LogP contribution in [0, 0.1) is 11.2 Å². The standard InChI is InChI=1S/C12H10BrFN4O2/c13-7-1-2-8(9(14)5-7)10-15-16-17-18(10)6-12(3-4-12)11(19)20/h1-2,5H,3-4,6H2,(H,19,20). The molecule has 8 heteroatoms. The van der Waals surface area contributed by atoms with Crippen LogP contribution >= 0.6 is 15.9 Å². The zero-order chi connectivity index (χ0) is 14.3. The van der Waals surface area contributed by atoms with Crippen LogP contribution in [0.4, 0.5) is 4.39 Å². The summed E-state index contributed by atoms with van der Waals surface area (Å²) in [5.41, 5.74) is -0.560. The second-order valence-corrected chi connectivity index (χ2v) is 5.79. The first kappa shape index (κ1) is 13.2. The molecule has 6 nitrogen and oxygen atoms in total. The van der Waals surface area contributed by atoms with E-state index in [9.17, 15) is 14.3 Å². The van der Waals surface area contributed by atoms with Crippen LogP contribution < -0.4 is 0 Å². The number of hydrogen-bond acceptors (Lipinski definition) is 4. The quantitative estimate of drug-likeness (QED) is 0.921. The first-order valence-electron chi connectivity index (χ1n) is 5.97. The average Bonchev–Trinajstić information content (AvgIpc) is 3.03. The zero-order valence-corrected chi connectivity index (χ0v) is 11.8. The minimum absolute atomic E-state index is 0.153. The molecule has 1 aliphatic carbocycles. The maximum atomic E-state index is 13.9. The van der Waals surface area contributed by atoms with Gasteiger partial charge in [-0.2, -0.15) is 0 Å². The number of aliphatic carboxylic acids is 1. The van der Waals surface area contributed by atoms with Gasteiger partial charge in [0.25, 0.3) is 0 Å². The summed E-state index contributed by atoms with van der Waals surface area (Å²) in [6.07, 6.45) is 1.18. The number of tetrazole rings is 1. The van der Waals surface area contributed by atoms with Gasteiger partial charge in [0.2, 0.25) is 0 Å². The fraction of sp³-hybridized carbons (Fsp3) is 0.333. The Morgan fingerprint density at radius 2 is 2.25 bits per heavy atom. The number of aromatic nitrogens is 4. The Balaban J connectivity index is 1.96. The zero-order valence-electron chi connectivity index (χ0n) is 10.3. The second kappa shape index (κ2) is 4.62. The maximum absolute atomic E-state index is 13.9. The van der Waals surface area contributed by atoms with E-state index in [0.717, 1.165) is 0 Å². The molecule has 1 N–H and O–H groups in total. The molecule has 0 atom stereocenters. The van der Waals surface area contributed by atoms with E-state index < -0.39 is 17.2 Å². The molecular weight excluding hydrogens is 331 g/mol. The molecule has 0 unspecified atom stereocenters. The highest BCUT2D eigenvalue weighted by molar-refractivity contribution is 9.10. The summed E-state index contributed by atoms with van der Waals surface area (Å²) in [7, 11) is 0. The Labute approximate surface area is 121 Å². The van der Waals surface area contributed by atoms with Crippen LogP contribution in [0.5, 0.6) is 0 Å². The number of benzene rings is 1. The number of hydrogen-bond donors (Lipinski definition) is 1. The Hall–Kier alpha value is -1.83. The maximum Gasteiger partial charge on any atom is 0.311 e. The first-order valence-corrected chi connectivity index (χ1v) is 6.76. The van der Waals surface area contributed by atoms with Crippen LogP contribution in [0.25, 0.3) is 11.4 Å². The van der Waals surface area contributed by atoms with Crippen LogP contribution in [0.15, 0.2) is 22.7 Å². The Bertz CT molecular complexity index is 684. The van der Waals surface area contributed by atoms with E-state index in [4.69, 9.17) is 0 Å². The highest BCUT2D eigenvalue weighted by atomic mass is 79.9. The van der Waals surface area contributed by atoms with Gasteiger partial charge in [-0.25, -0.2) is 9.07 Å². The van der Waals surface area contributed by atoms with Crippen molar-refractivity contribution in [3.63, 3.8) is 0 Å². The summed E-state index contributed by atoms with van der Waals surface area (Å²) in [6.45, 7) is 0.153. The molecular formula is C12H10BrFN4O2. The molecule has 1 heterocycles. The molecule has 0 radical (unpaired) electrons.